The van der Waals surface area contributed by atoms with Gasteiger partial charge in [0.2, 0.25) is 0 Å². The van der Waals surface area contributed by atoms with Crippen LogP contribution in [-0.2, 0) is 4.74 Å². The van der Waals surface area contributed by atoms with Gasteiger partial charge in [0.25, 0.3) is 11.6 Å². The number of nitro groups is 1. The molecule has 23 heavy (non-hydrogen) atoms. The van der Waals surface area contributed by atoms with E-state index < -0.39 is 4.92 Å². The van der Waals surface area contributed by atoms with Gasteiger partial charge >= 0.3 is 0 Å². The number of hydrogen-bond donors (Lipinski definition) is 2. The molecule has 0 radical (unpaired) electrons. The predicted octanol–water partition coefficient (Wildman–Crippen LogP) is 1.82. The number of ether oxygens (including phenoxy) is 1. The van der Waals surface area contributed by atoms with Crippen LogP contribution in [0, 0.1) is 17.0 Å². The molecule has 0 bridgehead atoms. The third-order valence-corrected chi connectivity index (χ3v) is 4.01. The lowest BCUT2D eigenvalue weighted by atomic mass is 9.98. The molecule has 1 amide bonds. The Morgan fingerprint density at radius 3 is 2.78 bits per heavy atom. The zero-order valence-electron chi connectivity index (χ0n) is 13.3. The van der Waals surface area contributed by atoms with Crippen LogP contribution in [0.2, 0.25) is 0 Å². The quantitative estimate of drug-likeness (QED) is 0.607. The Labute approximate surface area is 141 Å². The first-order chi connectivity index (χ1) is 10.5. The molecule has 0 aliphatic carbocycles. The van der Waals surface area contributed by atoms with E-state index in [1.807, 2.05) is 0 Å². The minimum absolute atomic E-state index is 0. The fraction of sp³-hybridized carbons (Fsp3) is 0.533. The second-order valence-corrected chi connectivity index (χ2v) is 5.68. The summed E-state index contributed by atoms with van der Waals surface area (Å²) in [4.78, 5) is 22.6. The number of nitrogens with zero attached hydrogens (tertiary/aromatic N) is 1. The van der Waals surface area contributed by atoms with Crippen LogP contribution in [0.15, 0.2) is 18.2 Å². The summed E-state index contributed by atoms with van der Waals surface area (Å²) in [5.41, 5.74) is 0.810. The average molecular weight is 344 g/mol. The van der Waals surface area contributed by atoms with Crippen molar-refractivity contribution >= 4 is 24.0 Å². The standard InChI is InChI=1S/C15H21N3O4.ClH/c1-11-8-12(18(20)21)4-5-13(11)14(19)16-9-15(10-22-2)6-3-7-17-15;/h4-5,8,17H,3,6-7,9-10H2,1-2H3,(H,16,19);1H. The van der Waals surface area contributed by atoms with E-state index in [1.165, 1.54) is 18.2 Å². The van der Waals surface area contributed by atoms with Crippen molar-refractivity contribution in [3.8, 4) is 0 Å². The molecule has 1 heterocycles. The van der Waals surface area contributed by atoms with Crippen LogP contribution in [0.4, 0.5) is 5.69 Å². The van der Waals surface area contributed by atoms with Crippen LogP contribution in [0.25, 0.3) is 0 Å². The second kappa shape index (κ2) is 8.24. The van der Waals surface area contributed by atoms with Gasteiger partial charge in [0.1, 0.15) is 0 Å². The van der Waals surface area contributed by atoms with Gasteiger partial charge in [-0.15, -0.1) is 12.4 Å². The zero-order chi connectivity index (χ0) is 16.2. The highest BCUT2D eigenvalue weighted by Crippen LogP contribution is 2.20. The highest BCUT2D eigenvalue weighted by molar-refractivity contribution is 5.95. The number of nitro benzene ring substituents is 1. The highest BCUT2D eigenvalue weighted by Gasteiger charge is 2.33. The molecule has 0 spiro atoms. The smallest absolute Gasteiger partial charge is 0.269 e. The van der Waals surface area contributed by atoms with Gasteiger partial charge in [-0.2, -0.15) is 0 Å². The average Bonchev–Trinajstić information content (AvgIpc) is 2.94. The summed E-state index contributed by atoms with van der Waals surface area (Å²) in [6, 6.07) is 4.25. The van der Waals surface area contributed by atoms with E-state index in [-0.39, 0.29) is 29.5 Å². The number of nitrogens with one attached hydrogen (secondary N) is 2. The number of amides is 1. The third-order valence-electron chi connectivity index (χ3n) is 4.01. The molecule has 1 aliphatic rings. The zero-order valence-corrected chi connectivity index (χ0v) is 14.1. The first kappa shape index (κ1) is 19.3. The van der Waals surface area contributed by atoms with Gasteiger partial charge in [-0.25, -0.2) is 0 Å². The van der Waals surface area contributed by atoms with E-state index in [1.54, 1.807) is 14.0 Å². The lowest BCUT2D eigenvalue weighted by Crippen LogP contribution is -2.53. The normalized spacial score (nSPS) is 19.9. The number of carbonyl (C=O) groups is 1. The SMILES string of the molecule is COCC1(CNC(=O)c2ccc([N+](=O)[O-])cc2C)CCCN1.Cl. The molecule has 2 N–H and O–H groups in total. The molecule has 1 unspecified atom stereocenters. The molecule has 1 atom stereocenters. The third kappa shape index (κ3) is 4.63. The number of carbonyl (C=O) groups excluding carboxylic acids is 1. The predicted molar refractivity (Wildman–Crippen MR) is 89.3 cm³/mol. The summed E-state index contributed by atoms with van der Waals surface area (Å²) in [5.74, 6) is -0.225. The van der Waals surface area contributed by atoms with Gasteiger partial charge in [0, 0.05) is 31.4 Å². The second-order valence-electron chi connectivity index (χ2n) is 5.68. The lowest BCUT2D eigenvalue weighted by molar-refractivity contribution is -0.384. The van der Waals surface area contributed by atoms with E-state index in [0.717, 1.165) is 19.4 Å². The molecule has 0 aromatic heterocycles. The van der Waals surface area contributed by atoms with Crippen LogP contribution in [0.3, 0.4) is 0 Å². The molecule has 1 aromatic carbocycles. The summed E-state index contributed by atoms with van der Waals surface area (Å²) < 4.78 is 5.24. The van der Waals surface area contributed by atoms with E-state index in [4.69, 9.17) is 4.74 Å². The largest absolute Gasteiger partial charge is 0.383 e. The van der Waals surface area contributed by atoms with Crippen LogP contribution >= 0.6 is 12.4 Å². The summed E-state index contributed by atoms with van der Waals surface area (Å²) in [7, 11) is 1.64. The maximum Gasteiger partial charge on any atom is 0.269 e. The van der Waals surface area contributed by atoms with Gasteiger partial charge < -0.3 is 15.4 Å². The molecule has 1 aliphatic heterocycles. The van der Waals surface area contributed by atoms with Crippen molar-refractivity contribution < 1.29 is 14.5 Å². The van der Waals surface area contributed by atoms with Crippen molar-refractivity contribution in [1.82, 2.24) is 10.6 Å². The monoisotopic (exact) mass is 343 g/mol. The van der Waals surface area contributed by atoms with Crippen molar-refractivity contribution in [1.29, 1.82) is 0 Å². The van der Waals surface area contributed by atoms with Crippen molar-refractivity contribution in [3.05, 3.63) is 39.4 Å². The van der Waals surface area contributed by atoms with Gasteiger partial charge in [-0.1, -0.05) is 0 Å². The molecular weight excluding hydrogens is 322 g/mol. The molecule has 0 saturated carbocycles. The van der Waals surface area contributed by atoms with E-state index >= 15 is 0 Å². The van der Waals surface area contributed by atoms with Gasteiger partial charge in [-0.05, 0) is 37.9 Å². The van der Waals surface area contributed by atoms with Crippen LogP contribution in [0.5, 0.6) is 0 Å². The molecule has 1 fully saturated rings. The van der Waals surface area contributed by atoms with E-state index in [2.05, 4.69) is 10.6 Å². The lowest BCUT2D eigenvalue weighted by Gasteiger charge is -2.29. The van der Waals surface area contributed by atoms with E-state index in [9.17, 15) is 14.9 Å². The molecule has 7 nitrogen and oxygen atoms in total. The van der Waals surface area contributed by atoms with Crippen molar-refractivity contribution in [3.63, 3.8) is 0 Å². The van der Waals surface area contributed by atoms with Crippen molar-refractivity contribution in [2.45, 2.75) is 25.3 Å². The maximum absolute atomic E-state index is 12.3. The Balaban J connectivity index is 0.00000264. The molecule has 1 aromatic rings. The summed E-state index contributed by atoms with van der Waals surface area (Å²) in [5, 5.41) is 17.0. The summed E-state index contributed by atoms with van der Waals surface area (Å²) in [6.45, 7) is 3.61. The fourth-order valence-corrected chi connectivity index (χ4v) is 2.83. The Hall–Kier alpha value is -1.70. The number of halogens is 1. The van der Waals surface area contributed by atoms with Gasteiger partial charge in [-0.3, -0.25) is 14.9 Å². The topological polar surface area (TPSA) is 93.5 Å². The Bertz CT molecular complexity index is 574. The number of rotatable bonds is 6. The highest BCUT2D eigenvalue weighted by atomic mass is 35.5. The van der Waals surface area contributed by atoms with Gasteiger partial charge in [0.05, 0.1) is 17.1 Å². The van der Waals surface area contributed by atoms with Crippen LogP contribution in [-0.4, -0.2) is 43.2 Å². The summed E-state index contributed by atoms with van der Waals surface area (Å²) in [6.07, 6.45) is 2.00. The van der Waals surface area contributed by atoms with Crippen molar-refractivity contribution in [2.75, 3.05) is 26.8 Å². The van der Waals surface area contributed by atoms with Gasteiger partial charge in [0.15, 0.2) is 0 Å². The number of non-ortho nitro benzene ring substituents is 1. The number of benzene rings is 1. The summed E-state index contributed by atoms with van der Waals surface area (Å²) >= 11 is 0. The first-order valence-corrected chi connectivity index (χ1v) is 7.25. The molecule has 128 valence electrons. The Morgan fingerprint density at radius 1 is 1.52 bits per heavy atom. The fourth-order valence-electron chi connectivity index (χ4n) is 2.83. The van der Waals surface area contributed by atoms with E-state index in [0.29, 0.717) is 24.3 Å². The van der Waals surface area contributed by atoms with Crippen LogP contribution < -0.4 is 10.6 Å². The minimum Gasteiger partial charge on any atom is -0.383 e. The first-order valence-electron chi connectivity index (χ1n) is 7.25. The number of methoxy groups -OCH3 is 1. The van der Waals surface area contributed by atoms with Crippen molar-refractivity contribution in [2.24, 2.45) is 0 Å². The number of aryl methyl sites for hydroxylation is 1. The van der Waals surface area contributed by atoms with Crippen LogP contribution in [0.1, 0.15) is 28.8 Å². The molecule has 2 rings (SSSR count). The Kier molecular flexibility index (Phi) is 6.93. The minimum atomic E-state index is -0.468. The molecular formula is C15H22ClN3O4. The molecule has 8 heteroatoms. The Morgan fingerprint density at radius 2 is 2.26 bits per heavy atom. The number of hydrogen-bond acceptors (Lipinski definition) is 5. The molecule has 1 saturated heterocycles. The maximum atomic E-state index is 12.3.